The molecule has 0 bridgehead atoms. The van der Waals surface area contributed by atoms with Gasteiger partial charge >= 0.3 is 0 Å². The van der Waals surface area contributed by atoms with Crippen LogP contribution in [0.2, 0.25) is 0 Å². The third-order valence-electron chi connectivity index (χ3n) is 5.96. The normalized spacial score (nSPS) is 21.6. The van der Waals surface area contributed by atoms with Crippen molar-refractivity contribution < 1.29 is 13.9 Å². The Morgan fingerprint density at radius 2 is 1.73 bits per heavy atom. The Labute approximate surface area is 180 Å². The summed E-state index contributed by atoms with van der Waals surface area (Å²) in [6.45, 7) is 5.97. The summed E-state index contributed by atoms with van der Waals surface area (Å²) in [6.07, 6.45) is 0. The van der Waals surface area contributed by atoms with E-state index in [-0.39, 0.29) is 36.0 Å². The van der Waals surface area contributed by atoms with E-state index in [1.54, 1.807) is 17.4 Å². The average Bonchev–Trinajstić information content (AvgIpc) is 3.23. The maximum absolute atomic E-state index is 14.2. The van der Waals surface area contributed by atoms with Crippen LogP contribution in [0.15, 0.2) is 59.3 Å². The number of piperazine rings is 1. The molecule has 3 atom stereocenters. The first kappa shape index (κ1) is 21.0. The minimum Gasteiger partial charge on any atom is -0.508 e. The summed E-state index contributed by atoms with van der Waals surface area (Å²) < 4.78 is 28.4. The lowest BCUT2D eigenvalue weighted by Gasteiger charge is -2.47. The van der Waals surface area contributed by atoms with E-state index in [0.717, 1.165) is 12.1 Å². The number of nitrogens with zero attached hydrogens (tertiary/aromatic N) is 2. The van der Waals surface area contributed by atoms with Crippen LogP contribution in [-0.4, -0.2) is 40.1 Å². The molecule has 1 fully saturated rings. The van der Waals surface area contributed by atoms with Gasteiger partial charge in [-0.25, -0.2) is 8.78 Å². The summed E-state index contributed by atoms with van der Waals surface area (Å²) in [4.78, 5) is 4.57. The fourth-order valence-electron chi connectivity index (χ4n) is 4.39. The molecule has 0 aliphatic carbocycles. The Morgan fingerprint density at radius 3 is 2.40 bits per heavy atom. The van der Waals surface area contributed by atoms with Crippen LogP contribution in [0.4, 0.5) is 8.78 Å². The van der Waals surface area contributed by atoms with Crippen LogP contribution in [0.1, 0.15) is 36.6 Å². The molecule has 0 amide bonds. The Balaban J connectivity index is 1.59. The average molecular weight is 429 g/mol. The summed E-state index contributed by atoms with van der Waals surface area (Å²) in [5, 5.41) is 14.3. The largest absolute Gasteiger partial charge is 0.508 e. The predicted molar refractivity (Wildman–Crippen MR) is 117 cm³/mol. The van der Waals surface area contributed by atoms with Gasteiger partial charge in [-0.15, -0.1) is 0 Å². The van der Waals surface area contributed by atoms with Gasteiger partial charge in [-0.2, -0.15) is 11.3 Å². The minimum atomic E-state index is -0.492. The highest BCUT2D eigenvalue weighted by atomic mass is 32.1. The molecular formula is C24H26F2N2OS. The van der Waals surface area contributed by atoms with Crippen LogP contribution in [0.3, 0.4) is 0 Å². The van der Waals surface area contributed by atoms with Crippen molar-refractivity contribution in [2.45, 2.75) is 38.5 Å². The molecule has 2 heterocycles. The van der Waals surface area contributed by atoms with Gasteiger partial charge < -0.3 is 5.11 Å². The van der Waals surface area contributed by atoms with Crippen molar-refractivity contribution in [3.05, 3.63) is 87.6 Å². The molecule has 1 unspecified atom stereocenters. The summed E-state index contributed by atoms with van der Waals surface area (Å²) in [6, 6.07) is 13.9. The molecule has 30 heavy (non-hydrogen) atoms. The third-order valence-corrected chi connectivity index (χ3v) is 6.66. The number of phenolic OH excluding ortho intramolecular Hbond substituents is 1. The number of halogens is 2. The summed E-state index contributed by atoms with van der Waals surface area (Å²) in [7, 11) is 0. The van der Waals surface area contributed by atoms with E-state index >= 15 is 0 Å². The number of rotatable bonds is 5. The van der Waals surface area contributed by atoms with Gasteiger partial charge in [-0.1, -0.05) is 18.2 Å². The van der Waals surface area contributed by atoms with Crippen LogP contribution >= 0.6 is 11.3 Å². The van der Waals surface area contributed by atoms with E-state index in [1.165, 1.54) is 23.8 Å². The number of benzene rings is 2. The number of hydrogen-bond donors (Lipinski definition) is 1. The summed E-state index contributed by atoms with van der Waals surface area (Å²) in [5.41, 5.74) is 2.37. The maximum Gasteiger partial charge on any atom is 0.130 e. The first-order chi connectivity index (χ1) is 14.4. The molecule has 1 aliphatic heterocycles. The van der Waals surface area contributed by atoms with Gasteiger partial charge in [0.15, 0.2) is 0 Å². The Bertz CT molecular complexity index is 974. The van der Waals surface area contributed by atoms with Gasteiger partial charge in [0.05, 0.1) is 6.04 Å². The first-order valence-electron chi connectivity index (χ1n) is 10.2. The van der Waals surface area contributed by atoms with Crippen molar-refractivity contribution in [2.75, 3.05) is 13.1 Å². The van der Waals surface area contributed by atoms with Crippen LogP contribution < -0.4 is 0 Å². The monoisotopic (exact) mass is 428 g/mol. The predicted octanol–water partition coefficient (Wildman–Crippen LogP) is 5.42. The highest BCUT2D eigenvalue weighted by Gasteiger charge is 2.35. The van der Waals surface area contributed by atoms with Gasteiger partial charge in [0.2, 0.25) is 0 Å². The Kier molecular flexibility index (Phi) is 6.18. The minimum absolute atomic E-state index is 0.0214. The lowest BCUT2D eigenvalue weighted by atomic mass is 9.95. The van der Waals surface area contributed by atoms with Crippen molar-refractivity contribution in [2.24, 2.45) is 0 Å². The molecule has 3 nitrogen and oxygen atoms in total. The fraction of sp³-hybridized carbons (Fsp3) is 0.333. The molecule has 0 saturated carbocycles. The van der Waals surface area contributed by atoms with E-state index in [4.69, 9.17) is 0 Å². The molecule has 4 rings (SSSR count). The summed E-state index contributed by atoms with van der Waals surface area (Å²) in [5.74, 6) is -0.733. The van der Waals surface area contributed by atoms with Gasteiger partial charge in [0.25, 0.3) is 0 Å². The topological polar surface area (TPSA) is 26.7 Å². The van der Waals surface area contributed by atoms with Gasteiger partial charge in [0.1, 0.15) is 17.4 Å². The second kappa shape index (κ2) is 8.84. The van der Waals surface area contributed by atoms with Crippen LogP contribution in [0, 0.1) is 11.6 Å². The molecule has 158 valence electrons. The third kappa shape index (κ3) is 4.26. The standard InChI is InChI=1S/C24H26F2N2OS/c1-16-13-28(17(2)12-27(16)14-21-22(25)7-4-8-23(21)26)24(19-9-10-30-15-19)18-5-3-6-20(29)11-18/h3-11,15-17,24,29H,12-14H2,1-2H3/t16-,17-,24?/m0/s1. The fourth-order valence-corrected chi connectivity index (χ4v) is 5.07. The zero-order valence-electron chi connectivity index (χ0n) is 17.1. The SMILES string of the molecule is C[C@H]1CN(C(c2ccsc2)c2cccc(O)c2)[C@@H](C)CN1Cc1c(F)cccc1F. The van der Waals surface area contributed by atoms with Gasteiger partial charge in [0, 0.05) is 37.3 Å². The number of hydrogen-bond acceptors (Lipinski definition) is 4. The van der Waals surface area contributed by atoms with E-state index in [2.05, 4.69) is 40.5 Å². The molecule has 1 aliphatic rings. The quantitative estimate of drug-likeness (QED) is 0.588. The zero-order chi connectivity index (χ0) is 21.3. The molecule has 3 aromatic rings. The lowest BCUT2D eigenvalue weighted by Crippen LogP contribution is -2.56. The lowest BCUT2D eigenvalue weighted by molar-refractivity contribution is 0.0185. The van der Waals surface area contributed by atoms with E-state index in [9.17, 15) is 13.9 Å². The number of thiophene rings is 1. The second-order valence-corrected chi connectivity index (χ2v) is 8.86. The smallest absolute Gasteiger partial charge is 0.130 e. The molecule has 6 heteroatoms. The van der Waals surface area contributed by atoms with Crippen LogP contribution in [0.5, 0.6) is 5.75 Å². The molecule has 0 spiro atoms. The van der Waals surface area contributed by atoms with Crippen molar-refractivity contribution in [1.82, 2.24) is 9.80 Å². The second-order valence-electron chi connectivity index (χ2n) is 8.08. The molecule has 1 saturated heterocycles. The van der Waals surface area contributed by atoms with E-state index < -0.39 is 11.6 Å². The van der Waals surface area contributed by atoms with Crippen molar-refractivity contribution in [3.8, 4) is 5.75 Å². The van der Waals surface area contributed by atoms with Crippen molar-refractivity contribution >= 4 is 11.3 Å². The maximum atomic E-state index is 14.2. The van der Waals surface area contributed by atoms with Crippen LogP contribution in [0.25, 0.3) is 0 Å². The zero-order valence-corrected chi connectivity index (χ0v) is 17.9. The van der Waals surface area contributed by atoms with E-state index in [1.807, 2.05) is 18.2 Å². The molecule has 2 aromatic carbocycles. The Morgan fingerprint density at radius 1 is 1.00 bits per heavy atom. The van der Waals surface area contributed by atoms with Crippen molar-refractivity contribution in [1.29, 1.82) is 0 Å². The Hall–Kier alpha value is -2.28. The van der Waals surface area contributed by atoms with Gasteiger partial charge in [-0.05, 0) is 66.1 Å². The number of phenols is 1. The highest BCUT2D eigenvalue weighted by molar-refractivity contribution is 7.08. The molecular weight excluding hydrogens is 402 g/mol. The molecule has 1 N–H and O–H groups in total. The molecule has 1 aromatic heterocycles. The molecule has 0 radical (unpaired) electrons. The van der Waals surface area contributed by atoms with Gasteiger partial charge in [-0.3, -0.25) is 9.80 Å². The highest BCUT2D eigenvalue weighted by Crippen LogP contribution is 2.35. The first-order valence-corrected chi connectivity index (χ1v) is 11.1. The summed E-state index contributed by atoms with van der Waals surface area (Å²) >= 11 is 1.66. The number of aromatic hydroxyl groups is 1. The van der Waals surface area contributed by atoms with Crippen molar-refractivity contribution in [3.63, 3.8) is 0 Å². The van der Waals surface area contributed by atoms with Crippen LogP contribution in [-0.2, 0) is 6.54 Å². The van der Waals surface area contributed by atoms with E-state index in [0.29, 0.717) is 6.54 Å².